The number of hydrogen-bond donors (Lipinski definition) is 0. The highest BCUT2D eigenvalue weighted by atomic mass is 35.5. The fourth-order valence-corrected chi connectivity index (χ4v) is 12.7. The lowest BCUT2D eigenvalue weighted by Crippen LogP contribution is -2.49. The Morgan fingerprint density at radius 3 is 2.42 bits per heavy atom. The molecular weight excluding hydrogens is 760 g/mol. The first kappa shape index (κ1) is 37.7. The van der Waals surface area contributed by atoms with E-state index in [9.17, 15) is 14.4 Å². The van der Waals surface area contributed by atoms with E-state index < -0.39 is 0 Å². The van der Waals surface area contributed by atoms with E-state index in [1.165, 1.54) is 28.8 Å². The number of fused-ring (bicyclic) bond motifs is 11. The van der Waals surface area contributed by atoms with Gasteiger partial charge in [-0.3, -0.25) is 19.0 Å². The summed E-state index contributed by atoms with van der Waals surface area (Å²) in [5.41, 5.74) is 7.37. The Morgan fingerprint density at radius 1 is 0.881 bits per heavy atom. The van der Waals surface area contributed by atoms with Crippen LogP contribution in [0.1, 0.15) is 121 Å². The Morgan fingerprint density at radius 2 is 1.64 bits per heavy atom. The van der Waals surface area contributed by atoms with Gasteiger partial charge in [0, 0.05) is 61.2 Å². The van der Waals surface area contributed by atoms with Gasteiger partial charge in [-0.2, -0.15) is 4.98 Å². The molecule has 4 fully saturated rings. The molecule has 2 spiro atoms. The van der Waals surface area contributed by atoms with Gasteiger partial charge in [-0.05, 0) is 119 Å². The molecular formula is C48H55ClN6O4. The van der Waals surface area contributed by atoms with Gasteiger partial charge in [0.05, 0.1) is 40.2 Å². The standard InChI is InChI=1S/C48H55ClN6O4/c1-51-29-35-34(45(51)58)9-11-37-43(35)59-30-47(37)19-26-54(27-20-47)41(56)16-23-52-21-14-33(15-22-52)53-24-12-31(13-25-53)32-8-10-36-40(28-32)55-39-7-5-6-38(49)42(39)44(57)50-46(55)48(36)17-3-2-4-18-48/h5-11,28,31,33H,2-4,12-27,29-30H2,1H3. The molecule has 308 valence electrons. The average molecular weight is 815 g/mol. The van der Waals surface area contributed by atoms with Gasteiger partial charge in [-0.15, -0.1) is 0 Å². The number of amides is 2. The van der Waals surface area contributed by atoms with Gasteiger partial charge >= 0.3 is 0 Å². The fourth-order valence-electron chi connectivity index (χ4n) is 12.4. The minimum Gasteiger partial charge on any atom is -0.492 e. The number of likely N-dealkylation sites (tertiary alicyclic amines) is 3. The first-order chi connectivity index (χ1) is 28.7. The van der Waals surface area contributed by atoms with Crippen LogP contribution in [0, 0.1) is 0 Å². The van der Waals surface area contributed by atoms with Gasteiger partial charge in [0.1, 0.15) is 11.6 Å². The summed E-state index contributed by atoms with van der Waals surface area (Å²) >= 11 is 6.62. The molecule has 59 heavy (non-hydrogen) atoms. The Labute approximate surface area is 351 Å². The second-order valence-corrected chi connectivity index (χ2v) is 19.2. The number of piperidine rings is 3. The van der Waals surface area contributed by atoms with Crippen LogP contribution in [0.15, 0.2) is 53.3 Å². The normalized spacial score (nSPS) is 22.8. The molecule has 10 nitrogen and oxygen atoms in total. The van der Waals surface area contributed by atoms with Crippen molar-refractivity contribution in [1.29, 1.82) is 0 Å². The van der Waals surface area contributed by atoms with Crippen molar-refractivity contribution in [2.45, 2.75) is 106 Å². The number of ether oxygens (including phenoxy) is 1. The summed E-state index contributed by atoms with van der Waals surface area (Å²) in [5, 5.41) is 0.993. The Balaban J connectivity index is 0.686. The van der Waals surface area contributed by atoms with E-state index in [1.807, 2.05) is 25.2 Å². The molecule has 6 aliphatic heterocycles. The van der Waals surface area contributed by atoms with Gasteiger partial charge in [0.2, 0.25) is 5.91 Å². The van der Waals surface area contributed by atoms with Gasteiger partial charge in [0.15, 0.2) is 0 Å². The van der Waals surface area contributed by atoms with Gasteiger partial charge in [-0.25, -0.2) is 0 Å². The Bertz CT molecular complexity index is 2420. The van der Waals surface area contributed by atoms with Crippen LogP contribution in [-0.2, 0) is 22.2 Å². The molecule has 11 heteroatoms. The summed E-state index contributed by atoms with van der Waals surface area (Å²) < 4.78 is 8.57. The van der Waals surface area contributed by atoms with Crippen LogP contribution in [0.5, 0.6) is 5.75 Å². The van der Waals surface area contributed by atoms with Crippen molar-refractivity contribution in [2.24, 2.45) is 0 Å². The molecule has 1 aliphatic carbocycles. The maximum atomic E-state index is 13.5. The molecule has 0 bridgehead atoms. The molecule has 0 N–H and O–H groups in total. The molecule has 0 atom stereocenters. The molecule has 7 heterocycles. The maximum Gasteiger partial charge on any atom is 0.282 e. The van der Waals surface area contributed by atoms with E-state index in [4.69, 9.17) is 21.3 Å². The summed E-state index contributed by atoms with van der Waals surface area (Å²) in [6.45, 7) is 7.95. The molecule has 3 aromatic carbocycles. The smallest absolute Gasteiger partial charge is 0.282 e. The molecule has 3 saturated heterocycles. The predicted octanol–water partition coefficient (Wildman–Crippen LogP) is 7.18. The number of rotatable bonds is 5. The maximum absolute atomic E-state index is 13.5. The minimum atomic E-state index is -0.211. The number of nitrogens with zero attached hydrogens (tertiary/aromatic N) is 6. The molecule has 1 saturated carbocycles. The van der Waals surface area contributed by atoms with E-state index in [-0.39, 0.29) is 28.2 Å². The zero-order valence-electron chi connectivity index (χ0n) is 34.3. The average Bonchev–Trinajstić information content (AvgIpc) is 3.86. The second-order valence-electron chi connectivity index (χ2n) is 18.8. The number of aromatic nitrogens is 2. The molecule has 4 aromatic rings. The first-order valence-corrected chi connectivity index (χ1v) is 22.8. The number of hydrogen-bond acceptors (Lipinski definition) is 7. The van der Waals surface area contributed by atoms with Crippen LogP contribution in [0.25, 0.3) is 16.6 Å². The number of benzene rings is 3. The van der Waals surface area contributed by atoms with Crippen molar-refractivity contribution >= 4 is 34.3 Å². The number of carbonyl (C=O) groups is 2. The van der Waals surface area contributed by atoms with E-state index in [0.717, 1.165) is 138 Å². The third-order valence-electron chi connectivity index (χ3n) is 15.9. The molecule has 0 radical (unpaired) electrons. The van der Waals surface area contributed by atoms with Crippen LogP contribution in [0.2, 0.25) is 5.02 Å². The zero-order valence-corrected chi connectivity index (χ0v) is 35.1. The van der Waals surface area contributed by atoms with E-state index >= 15 is 0 Å². The highest BCUT2D eigenvalue weighted by Gasteiger charge is 2.48. The Kier molecular flexibility index (Phi) is 9.24. The van der Waals surface area contributed by atoms with Crippen molar-refractivity contribution in [3.8, 4) is 11.4 Å². The highest BCUT2D eigenvalue weighted by molar-refractivity contribution is 6.35. The third-order valence-corrected chi connectivity index (χ3v) is 16.2. The zero-order chi connectivity index (χ0) is 40.0. The summed E-state index contributed by atoms with van der Waals surface area (Å²) in [7, 11) is 1.85. The van der Waals surface area contributed by atoms with Gasteiger partial charge in [-0.1, -0.05) is 55.1 Å². The number of halogens is 1. The van der Waals surface area contributed by atoms with E-state index in [0.29, 0.717) is 41.9 Å². The molecule has 1 aromatic heterocycles. The lowest BCUT2D eigenvalue weighted by atomic mass is 9.69. The molecule has 2 amide bonds. The fraction of sp³-hybridized carbons (Fsp3) is 0.542. The van der Waals surface area contributed by atoms with Crippen LogP contribution in [0.3, 0.4) is 0 Å². The number of carbonyl (C=O) groups excluding carboxylic acids is 2. The van der Waals surface area contributed by atoms with Crippen molar-refractivity contribution in [3.63, 3.8) is 0 Å². The van der Waals surface area contributed by atoms with Gasteiger partial charge in [0.25, 0.3) is 11.5 Å². The highest BCUT2D eigenvalue weighted by Crippen LogP contribution is 2.53. The summed E-state index contributed by atoms with van der Waals surface area (Å²) in [6.07, 6.45) is 12.6. The summed E-state index contributed by atoms with van der Waals surface area (Å²) in [5.74, 6) is 2.69. The van der Waals surface area contributed by atoms with Crippen LogP contribution < -0.4 is 10.3 Å². The van der Waals surface area contributed by atoms with Crippen molar-refractivity contribution < 1.29 is 14.3 Å². The second kappa shape index (κ2) is 14.4. The van der Waals surface area contributed by atoms with Crippen molar-refractivity contribution in [1.82, 2.24) is 29.2 Å². The lowest BCUT2D eigenvalue weighted by Gasteiger charge is -2.42. The van der Waals surface area contributed by atoms with E-state index in [1.54, 1.807) is 11.0 Å². The SMILES string of the molecule is CN1Cc2c(ccc3c2OCC32CCN(C(=O)CCN3CCC(N4CCC(c5ccc6c(c5)-n5c(nc(=O)c7c(Cl)cccc75)C65CCCCC5)CC4)CC3)CC2)C1=O. The van der Waals surface area contributed by atoms with Crippen LogP contribution in [-0.4, -0.2) is 106 Å². The molecule has 11 rings (SSSR count). The summed E-state index contributed by atoms with van der Waals surface area (Å²) in [6, 6.07) is 17.7. The molecule has 0 unspecified atom stereocenters. The minimum absolute atomic E-state index is 0.0574. The Hall–Kier alpha value is -4.25. The van der Waals surface area contributed by atoms with Gasteiger partial charge < -0.3 is 24.3 Å². The van der Waals surface area contributed by atoms with Crippen molar-refractivity contribution in [2.75, 3.05) is 59.5 Å². The quantitative estimate of drug-likeness (QED) is 0.211. The van der Waals surface area contributed by atoms with Crippen LogP contribution in [0.4, 0.5) is 0 Å². The topological polar surface area (TPSA) is 91.2 Å². The molecule has 7 aliphatic rings. The lowest BCUT2D eigenvalue weighted by molar-refractivity contribution is -0.133. The largest absolute Gasteiger partial charge is 0.492 e. The van der Waals surface area contributed by atoms with E-state index in [2.05, 4.69) is 43.5 Å². The predicted molar refractivity (Wildman–Crippen MR) is 229 cm³/mol. The summed E-state index contributed by atoms with van der Waals surface area (Å²) in [4.78, 5) is 53.3. The monoisotopic (exact) mass is 814 g/mol. The first-order valence-electron chi connectivity index (χ1n) is 22.4. The van der Waals surface area contributed by atoms with Crippen molar-refractivity contribution in [3.05, 3.63) is 97.5 Å². The third kappa shape index (κ3) is 6.01. The van der Waals surface area contributed by atoms with Crippen LogP contribution >= 0.6 is 11.6 Å².